The van der Waals surface area contributed by atoms with Crippen molar-refractivity contribution >= 4 is 40.0 Å². The fourth-order valence-corrected chi connectivity index (χ4v) is 2.67. The molecule has 0 saturated heterocycles. The van der Waals surface area contributed by atoms with Crippen molar-refractivity contribution in [3.05, 3.63) is 67.5 Å². The Morgan fingerprint density at radius 1 is 1.26 bits per heavy atom. The molecule has 0 saturated carbocycles. The highest BCUT2D eigenvalue weighted by Crippen LogP contribution is 2.23. The van der Waals surface area contributed by atoms with E-state index in [1.54, 1.807) is 18.2 Å². The standard InChI is InChI=1S/C15H11ClFIO/c1-9-4-2-6-11(15(9)18)13(19)8-10-5-3-7-12(17)14(10)16/h2-7H,8H2,1H3. The Morgan fingerprint density at radius 3 is 2.68 bits per heavy atom. The van der Waals surface area contributed by atoms with Crippen molar-refractivity contribution in [2.24, 2.45) is 0 Å². The van der Waals surface area contributed by atoms with Gasteiger partial charge in [-0.2, -0.15) is 0 Å². The van der Waals surface area contributed by atoms with Gasteiger partial charge >= 0.3 is 0 Å². The summed E-state index contributed by atoms with van der Waals surface area (Å²) in [6.45, 7) is 1.95. The van der Waals surface area contributed by atoms with Gasteiger partial charge in [-0.15, -0.1) is 0 Å². The minimum Gasteiger partial charge on any atom is -0.294 e. The van der Waals surface area contributed by atoms with E-state index in [2.05, 4.69) is 22.6 Å². The quantitative estimate of drug-likeness (QED) is 0.544. The lowest BCUT2D eigenvalue weighted by atomic mass is 10.0. The van der Waals surface area contributed by atoms with E-state index in [4.69, 9.17) is 11.6 Å². The fraction of sp³-hybridized carbons (Fsp3) is 0.133. The summed E-state index contributed by atoms with van der Waals surface area (Å²) in [6.07, 6.45) is 0.107. The number of rotatable bonds is 3. The van der Waals surface area contributed by atoms with Crippen molar-refractivity contribution < 1.29 is 9.18 Å². The molecule has 0 unspecified atom stereocenters. The van der Waals surface area contributed by atoms with Crippen LogP contribution in [0.15, 0.2) is 36.4 Å². The van der Waals surface area contributed by atoms with Crippen molar-refractivity contribution in [1.29, 1.82) is 0 Å². The Hall–Kier alpha value is -0.940. The van der Waals surface area contributed by atoms with Gasteiger partial charge in [0.05, 0.1) is 5.02 Å². The minimum atomic E-state index is -0.495. The van der Waals surface area contributed by atoms with E-state index < -0.39 is 5.82 Å². The lowest BCUT2D eigenvalue weighted by Gasteiger charge is -2.08. The summed E-state index contributed by atoms with van der Waals surface area (Å²) in [4.78, 5) is 12.3. The summed E-state index contributed by atoms with van der Waals surface area (Å²) < 4.78 is 14.3. The van der Waals surface area contributed by atoms with E-state index in [1.807, 2.05) is 19.1 Å². The van der Waals surface area contributed by atoms with Crippen LogP contribution in [0.3, 0.4) is 0 Å². The molecule has 98 valence electrons. The summed E-state index contributed by atoms with van der Waals surface area (Å²) in [7, 11) is 0. The van der Waals surface area contributed by atoms with Gasteiger partial charge in [-0.1, -0.05) is 41.9 Å². The summed E-state index contributed by atoms with van der Waals surface area (Å²) in [5.41, 5.74) is 2.22. The smallest absolute Gasteiger partial charge is 0.168 e. The van der Waals surface area contributed by atoms with Gasteiger partial charge in [0, 0.05) is 15.6 Å². The number of benzene rings is 2. The van der Waals surface area contributed by atoms with Crippen molar-refractivity contribution in [3.63, 3.8) is 0 Å². The van der Waals surface area contributed by atoms with Gasteiger partial charge in [0.2, 0.25) is 0 Å². The van der Waals surface area contributed by atoms with Gasteiger partial charge in [-0.3, -0.25) is 4.79 Å². The van der Waals surface area contributed by atoms with E-state index in [1.165, 1.54) is 6.07 Å². The summed E-state index contributed by atoms with van der Waals surface area (Å²) in [5.74, 6) is -0.550. The first-order valence-corrected chi connectivity index (χ1v) is 7.17. The number of hydrogen-bond acceptors (Lipinski definition) is 1. The first-order valence-electron chi connectivity index (χ1n) is 5.72. The third-order valence-electron chi connectivity index (χ3n) is 2.87. The Morgan fingerprint density at radius 2 is 1.95 bits per heavy atom. The van der Waals surface area contributed by atoms with E-state index in [-0.39, 0.29) is 17.2 Å². The van der Waals surface area contributed by atoms with Gasteiger partial charge in [0.25, 0.3) is 0 Å². The number of hydrogen-bond donors (Lipinski definition) is 0. The highest BCUT2D eigenvalue weighted by atomic mass is 127. The Kier molecular flexibility index (Phi) is 4.58. The van der Waals surface area contributed by atoms with Crippen molar-refractivity contribution in [3.8, 4) is 0 Å². The summed E-state index contributed by atoms with van der Waals surface area (Å²) in [5, 5.41) is 0.0264. The number of carbonyl (C=O) groups excluding carboxylic acids is 1. The van der Waals surface area contributed by atoms with E-state index >= 15 is 0 Å². The molecule has 0 amide bonds. The molecule has 4 heteroatoms. The predicted molar refractivity (Wildman–Crippen MR) is 83.3 cm³/mol. The molecule has 0 aliphatic rings. The largest absolute Gasteiger partial charge is 0.294 e. The van der Waals surface area contributed by atoms with Crippen LogP contribution in [0, 0.1) is 16.3 Å². The van der Waals surface area contributed by atoms with Crippen LogP contribution in [-0.2, 0) is 6.42 Å². The number of halogens is 3. The highest BCUT2D eigenvalue weighted by Gasteiger charge is 2.14. The zero-order valence-electron chi connectivity index (χ0n) is 10.2. The molecule has 2 aromatic carbocycles. The van der Waals surface area contributed by atoms with Gasteiger partial charge in [-0.05, 0) is 46.7 Å². The molecule has 0 bridgehead atoms. The summed E-state index contributed by atoms with van der Waals surface area (Å²) >= 11 is 8.02. The van der Waals surface area contributed by atoms with Gasteiger partial charge in [0.15, 0.2) is 5.78 Å². The zero-order chi connectivity index (χ0) is 14.0. The Balaban J connectivity index is 2.31. The average Bonchev–Trinajstić information content (AvgIpc) is 2.38. The maximum atomic E-state index is 13.3. The van der Waals surface area contributed by atoms with Gasteiger partial charge in [0.1, 0.15) is 5.82 Å². The van der Waals surface area contributed by atoms with Crippen LogP contribution in [0.25, 0.3) is 0 Å². The summed E-state index contributed by atoms with van der Waals surface area (Å²) in [6, 6.07) is 10.1. The van der Waals surface area contributed by atoms with Crippen LogP contribution >= 0.6 is 34.2 Å². The monoisotopic (exact) mass is 388 g/mol. The molecule has 0 aromatic heterocycles. The minimum absolute atomic E-state index is 0.0264. The molecular weight excluding hydrogens is 378 g/mol. The molecule has 2 aromatic rings. The molecule has 0 aliphatic heterocycles. The second kappa shape index (κ2) is 6.01. The Labute approximate surface area is 129 Å². The van der Waals surface area contributed by atoms with Gasteiger partial charge in [-0.25, -0.2) is 4.39 Å². The van der Waals surface area contributed by atoms with Crippen LogP contribution in [0.2, 0.25) is 5.02 Å². The average molecular weight is 389 g/mol. The van der Waals surface area contributed by atoms with Crippen molar-refractivity contribution in [2.45, 2.75) is 13.3 Å². The predicted octanol–water partition coefficient (Wildman–Crippen LogP) is 4.82. The zero-order valence-corrected chi connectivity index (χ0v) is 13.1. The van der Waals surface area contributed by atoms with E-state index in [0.717, 1.165) is 9.13 Å². The molecule has 0 fully saturated rings. The molecule has 0 spiro atoms. The van der Waals surface area contributed by atoms with Crippen LogP contribution in [-0.4, -0.2) is 5.78 Å². The van der Waals surface area contributed by atoms with Crippen LogP contribution in [0.4, 0.5) is 4.39 Å². The van der Waals surface area contributed by atoms with Crippen LogP contribution < -0.4 is 0 Å². The molecule has 2 rings (SSSR count). The Bertz CT molecular complexity index is 640. The molecule has 0 radical (unpaired) electrons. The lowest BCUT2D eigenvalue weighted by molar-refractivity contribution is 0.0992. The van der Waals surface area contributed by atoms with E-state index in [0.29, 0.717) is 11.1 Å². The van der Waals surface area contributed by atoms with Crippen molar-refractivity contribution in [2.75, 3.05) is 0 Å². The number of carbonyl (C=O) groups is 1. The van der Waals surface area contributed by atoms with Crippen LogP contribution in [0.5, 0.6) is 0 Å². The molecule has 0 heterocycles. The second-order valence-electron chi connectivity index (χ2n) is 4.25. The van der Waals surface area contributed by atoms with Crippen molar-refractivity contribution in [1.82, 2.24) is 0 Å². The second-order valence-corrected chi connectivity index (χ2v) is 5.71. The fourth-order valence-electron chi connectivity index (χ4n) is 1.82. The molecular formula is C15H11ClFIO. The molecule has 19 heavy (non-hydrogen) atoms. The molecule has 0 aliphatic carbocycles. The molecule has 1 nitrogen and oxygen atoms in total. The third-order valence-corrected chi connectivity index (χ3v) is 4.73. The van der Waals surface area contributed by atoms with Crippen LogP contribution in [0.1, 0.15) is 21.5 Å². The number of ketones is 1. The lowest BCUT2D eigenvalue weighted by Crippen LogP contribution is -2.07. The van der Waals surface area contributed by atoms with Gasteiger partial charge < -0.3 is 0 Å². The molecule has 0 N–H and O–H groups in total. The number of aryl methyl sites for hydroxylation is 1. The maximum Gasteiger partial charge on any atom is 0.168 e. The first-order chi connectivity index (χ1) is 9.00. The first kappa shape index (κ1) is 14.5. The van der Waals surface area contributed by atoms with E-state index in [9.17, 15) is 9.18 Å². The highest BCUT2D eigenvalue weighted by molar-refractivity contribution is 14.1. The normalized spacial score (nSPS) is 10.5. The SMILES string of the molecule is Cc1cccc(C(=O)Cc2cccc(F)c2Cl)c1I. The maximum absolute atomic E-state index is 13.3. The number of Topliss-reactive ketones (excluding diaryl/α,β-unsaturated/α-hetero) is 1. The molecule has 0 atom stereocenters. The third kappa shape index (κ3) is 3.15. The topological polar surface area (TPSA) is 17.1 Å².